The van der Waals surface area contributed by atoms with Gasteiger partial charge < -0.3 is 136 Å². The van der Waals surface area contributed by atoms with Crippen LogP contribution in [0.1, 0.15) is 173 Å². The molecule has 0 spiro atoms. The number of ketones is 1. The molecule has 1 aliphatic heterocycles. The minimum atomic E-state index is -2.54. The Kier molecular flexibility index (Phi) is 43.1. The van der Waals surface area contributed by atoms with Crippen molar-refractivity contribution < 1.29 is 140 Å². The number of aliphatic hydroxyl groups is 1. The molecular weight excluding hydrogens is 1790 g/mol. The third-order valence-electron chi connectivity index (χ3n) is 21.2. The van der Waals surface area contributed by atoms with E-state index in [0.717, 1.165) is 52.9 Å². The van der Waals surface area contributed by atoms with Gasteiger partial charge in [0.05, 0.1) is 51.8 Å². The number of cyclic esters (lactones) is 1. The lowest BCUT2D eigenvalue weighted by molar-refractivity contribution is -0.156. The Morgan fingerprint density at radius 3 is 1.57 bits per heavy atom. The second kappa shape index (κ2) is 53.5. The van der Waals surface area contributed by atoms with Crippen molar-refractivity contribution in [2.24, 2.45) is 11.7 Å². The topological polar surface area (TPSA) is 759 Å². The number of aliphatic hydroxyl groups excluding tert-OH is 1. The number of fused-ring (bicyclic) bond motifs is 2. The van der Waals surface area contributed by atoms with Crippen molar-refractivity contribution in [3.05, 3.63) is 102 Å². The lowest BCUT2D eigenvalue weighted by atomic mass is 9.96. The minimum Gasteiger partial charge on any atom is -0.481 e. The average molecular weight is 1910 g/mol. The molecule has 0 saturated carbocycles. The summed E-state index contributed by atoms with van der Waals surface area (Å²) in [7, 11) is 0. The van der Waals surface area contributed by atoms with E-state index in [0.29, 0.717) is 45.8 Å². The number of Topliss-reactive ketones (excluding diaryl/α,β-unsaturated/α-hetero) is 1. The van der Waals surface area contributed by atoms with Crippen molar-refractivity contribution in [1.82, 2.24) is 89.7 Å². The number of primary amides is 1. The summed E-state index contributed by atoms with van der Waals surface area (Å²) in [5.41, 5.74) is 12.6. The number of H-pyrrole nitrogens is 2. The standard InChI is InChI=1S/C88H119N19O29/c1-8-9-10-11-12-13-14-29-66(111)98-57(33-48-40-93-54-27-20-17-23-50(48)54)80(127)101-58(35-65(90)110)81(128)103-61(38-72(120)121)82(129)107-74-46(4)135-86(133)62(34-64(109)51-24-15-18-25-52(51)89)104-85(132)73(44(2)31-69(114)115)106-83(130)63(43-108)99-68(113)41-94-77(124)59(36-70(116)117)100-75(122)45(3)96-79(126)60(37-71(118)119)102-78(125)55(97-67(112)42-95-84(74)131)28-21-30-91-76(123)56(105-87(134)136-88(5,6)7)32-47-39-92-53-26-19-16-22-49(47)53/h15-20,22-27,39-40,44-46,55-63,73-74,92-93,108H,8-14,21,28-38,41-43,89H2,1-7H3,(H2,90,110)(H,91,123)(H,94,124)(H,95,131)(H,96,126)(H,97,112)(H,98,111)(H,99,113)(H,100,122)(H,101,127)(H,102,125)(H,103,128)(H,104,132)(H,105,134)(H,106,130)(H,107,129)(H,114,115)(H,116,117)(H,118,119)(H,120,121). The van der Waals surface area contributed by atoms with Crippen molar-refractivity contribution in [2.45, 2.75) is 248 Å². The summed E-state index contributed by atoms with van der Waals surface area (Å²) in [5, 5.41) is 85.5. The fourth-order valence-corrected chi connectivity index (χ4v) is 14.2. The molecule has 48 nitrogen and oxygen atoms in total. The molecule has 3 heterocycles. The Morgan fingerprint density at radius 2 is 1.01 bits per heavy atom. The van der Waals surface area contributed by atoms with E-state index in [1.54, 1.807) is 81.7 Å². The molecule has 136 heavy (non-hydrogen) atoms. The van der Waals surface area contributed by atoms with Crippen LogP contribution in [0.2, 0.25) is 0 Å². The number of carboxylic acid groups (broad SMARTS) is 4. The molecule has 0 aliphatic carbocycles. The van der Waals surface area contributed by atoms with Gasteiger partial charge in [-0.3, -0.25) is 95.9 Å². The number of nitrogen functional groups attached to an aromatic ring is 1. The van der Waals surface area contributed by atoms with Crippen LogP contribution in [0.3, 0.4) is 0 Å². The molecule has 5 aromatic rings. The van der Waals surface area contributed by atoms with Crippen molar-refractivity contribution in [3.63, 3.8) is 0 Å². The first-order chi connectivity index (χ1) is 64.2. The maximum atomic E-state index is 15.1. The Hall–Kier alpha value is -15.2. The van der Waals surface area contributed by atoms with Crippen molar-refractivity contribution >= 4 is 158 Å². The molecule has 0 radical (unpaired) electrons. The number of para-hydroxylation sites is 3. The minimum absolute atomic E-state index is 0.0419. The number of alkyl carbamates (subject to hydrolysis) is 1. The van der Waals surface area contributed by atoms with E-state index >= 15 is 14.4 Å². The molecule has 6 rings (SSSR count). The van der Waals surface area contributed by atoms with Gasteiger partial charge in [-0.2, -0.15) is 0 Å². The highest BCUT2D eigenvalue weighted by Gasteiger charge is 2.42. The number of ether oxygens (including phenoxy) is 2. The van der Waals surface area contributed by atoms with Crippen LogP contribution < -0.4 is 91.2 Å². The molecule has 0 bridgehead atoms. The number of unbranched alkanes of at least 4 members (excludes halogenated alkanes) is 6. The highest BCUT2D eigenvalue weighted by Crippen LogP contribution is 2.24. The van der Waals surface area contributed by atoms with Crippen LogP contribution >= 0.6 is 0 Å². The number of anilines is 1. The van der Waals surface area contributed by atoms with E-state index in [1.807, 2.05) is 16.0 Å². The number of aromatic amines is 2. The monoisotopic (exact) mass is 1910 g/mol. The summed E-state index contributed by atoms with van der Waals surface area (Å²) >= 11 is 0. The molecular formula is C88H119N19O29. The molecule has 16 amide bonds. The zero-order chi connectivity index (χ0) is 101. The summed E-state index contributed by atoms with van der Waals surface area (Å²) in [5.74, 6) is -31.5. The number of esters is 1. The molecule has 3 aromatic carbocycles. The SMILES string of the molecule is CCCCCCCCCC(=O)NC(Cc1c[nH]c2ccccc12)C(=O)NC(CC(N)=O)C(=O)NC(CC(=O)O)C(=O)NC1C(=O)NCC(=O)NC(CCCNC(=O)C(Cc2c[nH]c3ccccc23)NC(=O)OC(C)(C)C)C(=O)NC(CC(=O)O)C(=O)NC(C)C(=O)NC(CC(=O)O)C(=O)NCC(=O)NC(CO)C(=O)NC(C(C)CC(=O)O)C(=O)NC(CC(=O)c2ccccc2N)C(=O)OC1C. The van der Waals surface area contributed by atoms with Crippen LogP contribution in [0.15, 0.2) is 85.2 Å². The third-order valence-corrected chi connectivity index (χ3v) is 21.2. The first kappa shape index (κ1) is 110. The van der Waals surface area contributed by atoms with Gasteiger partial charge in [-0.1, -0.05) is 101 Å². The van der Waals surface area contributed by atoms with E-state index in [2.05, 4.69) is 80.7 Å². The van der Waals surface area contributed by atoms with Gasteiger partial charge in [0.2, 0.25) is 88.6 Å². The van der Waals surface area contributed by atoms with Gasteiger partial charge in [-0.25, -0.2) is 9.59 Å². The number of nitrogens with one attached hydrogen (secondary N) is 17. The summed E-state index contributed by atoms with van der Waals surface area (Å²) < 4.78 is 11.2. The Morgan fingerprint density at radius 1 is 0.507 bits per heavy atom. The predicted molar refractivity (Wildman–Crippen MR) is 479 cm³/mol. The van der Waals surface area contributed by atoms with E-state index in [4.69, 9.17) is 20.9 Å². The number of aliphatic carboxylic acids is 4. The molecule has 1 fully saturated rings. The molecule has 48 heteroatoms. The van der Waals surface area contributed by atoms with Crippen LogP contribution in [0.4, 0.5) is 10.5 Å². The first-order valence-corrected chi connectivity index (χ1v) is 43.8. The van der Waals surface area contributed by atoms with Crippen LogP contribution in [-0.2, 0) is 118 Å². The molecule has 1 aliphatic rings. The summed E-state index contributed by atoms with van der Waals surface area (Å²) in [6.45, 7) is 5.32. The van der Waals surface area contributed by atoms with Crippen LogP contribution in [0, 0.1) is 5.92 Å². The number of rotatable bonds is 40. The summed E-state index contributed by atoms with van der Waals surface area (Å²) in [4.78, 5) is 312. The third kappa shape index (κ3) is 36.4. The Bertz CT molecular complexity index is 5180. The van der Waals surface area contributed by atoms with Gasteiger partial charge in [0.25, 0.3) is 0 Å². The molecule has 1 saturated heterocycles. The highest BCUT2D eigenvalue weighted by atomic mass is 16.6. The van der Waals surface area contributed by atoms with Gasteiger partial charge in [0.1, 0.15) is 84.2 Å². The van der Waals surface area contributed by atoms with Crippen molar-refractivity contribution in [1.29, 1.82) is 0 Å². The molecule has 2 aromatic heterocycles. The maximum absolute atomic E-state index is 15.1. The van der Waals surface area contributed by atoms with E-state index < -0.39 is 292 Å². The molecule has 740 valence electrons. The second-order valence-corrected chi connectivity index (χ2v) is 33.5. The number of aromatic nitrogens is 2. The summed E-state index contributed by atoms with van der Waals surface area (Å²) in [6.07, 6.45) is -2.93. The Labute approximate surface area is 778 Å². The molecule has 14 atom stereocenters. The van der Waals surface area contributed by atoms with E-state index in [1.165, 1.54) is 24.3 Å². The number of benzene rings is 3. The highest BCUT2D eigenvalue weighted by molar-refractivity contribution is 6.05. The van der Waals surface area contributed by atoms with Gasteiger partial charge in [-0.15, -0.1) is 0 Å². The summed E-state index contributed by atoms with van der Waals surface area (Å²) in [6, 6.07) is -5.89. The maximum Gasteiger partial charge on any atom is 0.408 e. The number of nitrogens with two attached hydrogens (primary N) is 2. The van der Waals surface area contributed by atoms with E-state index in [9.17, 15) is 117 Å². The second-order valence-electron chi connectivity index (χ2n) is 33.5. The van der Waals surface area contributed by atoms with Gasteiger partial charge >= 0.3 is 35.9 Å². The number of hydrogen-bond acceptors (Lipinski definition) is 26. The zero-order valence-electron chi connectivity index (χ0n) is 75.9. The largest absolute Gasteiger partial charge is 0.481 e. The number of carbonyl (C=O) groups is 22. The average Bonchev–Trinajstić information content (AvgIpc) is 1.65. The predicted octanol–water partition coefficient (Wildman–Crippen LogP) is -2.85. The van der Waals surface area contributed by atoms with E-state index in [-0.39, 0.29) is 36.9 Å². The van der Waals surface area contributed by atoms with Gasteiger partial charge in [0, 0.05) is 77.7 Å². The molecule has 26 N–H and O–H groups in total. The fraction of sp³-hybridized carbons (Fsp3) is 0.500. The van der Waals surface area contributed by atoms with Crippen molar-refractivity contribution in [3.8, 4) is 0 Å². The van der Waals surface area contributed by atoms with Gasteiger partial charge in [-0.05, 0) is 95.2 Å². The smallest absolute Gasteiger partial charge is 0.408 e. The zero-order valence-corrected chi connectivity index (χ0v) is 75.9. The van der Waals surface area contributed by atoms with Crippen molar-refractivity contribution in [2.75, 3.05) is 32.0 Å². The van der Waals surface area contributed by atoms with Crippen LogP contribution in [0.25, 0.3) is 21.8 Å². The van der Waals surface area contributed by atoms with Gasteiger partial charge in [0.15, 0.2) is 5.78 Å². The van der Waals surface area contributed by atoms with Crippen LogP contribution in [0.5, 0.6) is 0 Å². The lowest BCUT2D eigenvalue weighted by Gasteiger charge is -2.30. The lowest BCUT2D eigenvalue weighted by Crippen LogP contribution is -2.62. The molecule has 14 unspecified atom stereocenters. The Balaban J connectivity index is 1.45. The first-order valence-electron chi connectivity index (χ1n) is 43.8. The van der Waals surface area contributed by atoms with Crippen LogP contribution in [-0.4, -0.2) is 276 Å². The quantitative estimate of drug-likeness (QED) is 0.00812. The number of carbonyl (C=O) groups excluding carboxylic acids is 18. The number of hydrogen-bond donors (Lipinski definition) is 24. The fourth-order valence-electron chi connectivity index (χ4n) is 14.2. The normalized spacial score (nSPS) is 20.0. The number of carboxylic acids is 4. The number of amides is 16.